The van der Waals surface area contributed by atoms with Crippen LogP contribution in [0, 0.1) is 10.1 Å². The van der Waals surface area contributed by atoms with Gasteiger partial charge in [0.2, 0.25) is 0 Å². The quantitative estimate of drug-likeness (QED) is 0.469. The summed E-state index contributed by atoms with van der Waals surface area (Å²) in [6.45, 7) is 5.46. The maximum Gasteiger partial charge on any atom is 0.329 e. The van der Waals surface area contributed by atoms with Crippen LogP contribution in [0.25, 0.3) is 0 Å². The smallest absolute Gasteiger partial charge is 0.329 e. The molecule has 1 aromatic carbocycles. The molecular formula is C14H20N2O5. The molecular weight excluding hydrogens is 276 g/mol. The first kappa shape index (κ1) is 16.9. The predicted molar refractivity (Wildman–Crippen MR) is 77.3 cm³/mol. The summed E-state index contributed by atoms with van der Waals surface area (Å²) in [5.41, 5.74) is -1.10. The second-order valence-corrected chi connectivity index (χ2v) is 5.17. The summed E-state index contributed by atoms with van der Waals surface area (Å²) in [7, 11) is 1.30. The summed E-state index contributed by atoms with van der Waals surface area (Å²) in [6.07, 6.45) is 0. The van der Waals surface area contributed by atoms with Gasteiger partial charge in [-0.2, -0.15) is 0 Å². The maximum absolute atomic E-state index is 11.9. The van der Waals surface area contributed by atoms with Crippen LogP contribution in [0.1, 0.15) is 20.8 Å². The molecule has 0 saturated heterocycles. The molecule has 0 aliphatic heterocycles. The molecule has 1 N–H and O–H groups in total. The fourth-order valence-corrected chi connectivity index (χ4v) is 1.94. The number of carbonyl (C=O) groups excluding carboxylic acids is 1. The molecule has 7 heteroatoms. The zero-order chi connectivity index (χ0) is 16.0. The molecule has 0 aliphatic carbocycles. The van der Waals surface area contributed by atoms with Crippen molar-refractivity contribution in [1.82, 2.24) is 5.32 Å². The molecule has 0 aromatic heterocycles. The van der Waals surface area contributed by atoms with E-state index in [2.05, 4.69) is 5.32 Å². The van der Waals surface area contributed by atoms with E-state index in [-0.39, 0.29) is 18.3 Å². The molecule has 0 amide bonds. The van der Waals surface area contributed by atoms with Gasteiger partial charge in [-0.3, -0.25) is 15.4 Å². The molecule has 1 unspecified atom stereocenters. The Bertz CT molecular complexity index is 518. The molecule has 0 bridgehead atoms. The third kappa shape index (κ3) is 4.71. The second-order valence-electron chi connectivity index (χ2n) is 5.17. The van der Waals surface area contributed by atoms with Crippen molar-refractivity contribution in [2.24, 2.45) is 0 Å². The number of carbonyl (C=O) groups is 1. The number of ether oxygens (including phenoxy) is 2. The van der Waals surface area contributed by atoms with Crippen molar-refractivity contribution in [3.8, 4) is 5.75 Å². The number of nitro groups is 1. The number of hydrogen-bond donors (Lipinski definition) is 1. The lowest BCUT2D eigenvalue weighted by atomic mass is 10.0. The minimum absolute atomic E-state index is 0.000971. The van der Waals surface area contributed by atoms with Crippen molar-refractivity contribution in [3.05, 3.63) is 34.4 Å². The summed E-state index contributed by atoms with van der Waals surface area (Å²) >= 11 is 0. The molecule has 1 atom stereocenters. The van der Waals surface area contributed by atoms with Gasteiger partial charge in [-0.1, -0.05) is 6.07 Å². The highest BCUT2D eigenvalue weighted by atomic mass is 16.6. The predicted octanol–water partition coefficient (Wildman–Crippen LogP) is 1.90. The third-order valence-corrected chi connectivity index (χ3v) is 2.80. The maximum atomic E-state index is 11.9. The zero-order valence-corrected chi connectivity index (χ0v) is 12.6. The second kappa shape index (κ2) is 7.03. The molecule has 116 valence electrons. The first-order valence-corrected chi connectivity index (χ1v) is 6.52. The largest absolute Gasteiger partial charge is 0.491 e. The Kier molecular flexibility index (Phi) is 5.66. The van der Waals surface area contributed by atoms with E-state index in [1.807, 2.05) is 13.8 Å². The van der Waals surface area contributed by atoms with Gasteiger partial charge in [-0.15, -0.1) is 0 Å². The average molecular weight is 296 g/mol. The first-order valence-electron chi connectivity index (χ1n) is 6.52. The van der Waals surface area contributed by atoms with Crippen LogP contribution in [-0.4, -0.2) is 36.2 Å². The molecule has 1 aromatic rings. The SMILES string of the molecule is COC(=O)C(C)(COc1cccc([N+](=O)[O-])c1)NC(C)C. The molecule has 0 fully saturated rings. The van der Waals surface area contributed by atoms with Crippen LogP contribution >= 0.6 is 0 Å². The first-order chi connectivity index (χ1) is 9.78. The van der Waals surface area contributed by atoms with Crippen LogP contribution in [0.4, 0.5) is 5.69 Å². The molecule has 1 rings (SSSR count). The van der Waals surface area contributed by atoms with Crippen LogP contribution in [-0.2, 0) is 9.53 Å². The van der Waals surface area contributed by atoms with Crippen LogP contribution < -0.4 is 10.1 Å². The minimum atomic E-state index is -1.03. The highest BCUT2D eigenvalue weighted by Crippen LogP contribution is 2.20. The van der Waals surface area contributed by atoms with E-state index in [0.717, 1.165) is 0 Å². The van der Waals surface area contributed by atoms with Gasteiger partial charge in [-0.05, 0) is 26.8 Å². The Morgan fingerprint density at radius 2 is 2.14 bits per heavy atom. The Morgan fingerprint density at radius 1 is 1.48 bits per heavy atom. The monoisotopic (exact) mass is 296 g/mol. The van der Waals surface area contributed by atoms with Crippen molar-refractivity contribution in [2.75, 3.05) is 13.7 Å². The zero-order valence-electron chi connectivity index (χ0n) is 12.6. The Labute approximate surface area is 123 Å². The van der Waals surface area contributed by atoms with Crippen LogP contribution in [0.5, 0.6) is 5.75 Å². The topological polar surface area (TPSA) is 90.7 Å². The standard InChI is InChI=1S/C14H20N2O5/c1-10(2)15-14(3,13(17)20-4)9-21-12-7-5-6-11(8-12)16(18)19/h5-8,10,15H,9H2,1-4H3. The lowest BCUT2D eigenvalue weighted by molar-refractivity contribution is -0.384. The van der Waals surface area contributed by atoms with Crippen LogP contribution in [0.2, 0.25) is 0 Å². The van der Waals surface area contributed by atoms with E-state index in [0.29, 0.717) is 5.75 Å². The van der Waals surface area contributed by atoms with Crippen molar-refractivity contribution < 1.29 is 19.2 Å². The summed E-state index contributed by atoms with van der Waals surface area (Å²) < 4.78 is 10.3. The van der Waals surface area contributed by atoms with Gasteiger partial charge in [-0.25, -0.2) is 4.79 Å². The fraction of sp³-hybridized carbons (Fsp3) is 0.500. The summed E-state index contributed by atoms with van der Waals surface area (Å²) in [4.78, 5) is 22.1. The average Bonchev–Trinajstić information content (AvgIpc) is 2.43. The summed E-state index contributed by atoms with van der Waals surface area (Å²) in [6, 6.07) is 5.85. The van der Waals surface area contributed by atoms with Crippen LogP contribution in [0.15, 0.2) is 24.3 Å². The Hall–Kier alpha value is -2.15. The van der Waals surface area contributed by atoms with Crippen molar-refractivity contribution in [3.63, 3.8) is 0 Å². The van der Waals surface area contributed by atoms with Gasteiger partial charge in [0.05, 0.1) is 18.1 Å². The van der Waals surface area contributed by atoms with Gasteiger partial charge in [0.25, 0.3) is 5.69 Å². The van der Waals surface area contributed by atoms with Crippen molar-refractivity contribution in [2.45, 2.75) is 32.4 Å². The molecule has 0 saturated carbocycles. The van der Waals surface area contributed by atoms with E-state index >= 15 is 0 Å². The number of nitro benzene ring substituents is 1. The molecule has 7 nitrogen and oxygen atoms in total. The van der Waals surface area contributed by atoms with Crippen LogP contribution in [0.3, 0.4) is 0 Å². The number of nitrogens with one attached hydrogen (secondary N) is 1. The molecule has 21 heavy (non-hydrogen) atoms. The third-order valence-electron chi connectivity index (χ3n) is 2.80. The fourth-order valence-electron chi connectivity index (χ4n) is 1.94. The van der Waals surface area contributed by atoms with E-state index in [9.17, 15) is 14.9 Å². The minimum Gasteiger partial charge on any atom is -0.491 e. The number of non-ortho nitro benzene ring substituents is 1. The van der Waals surface area contributed by atoms with Crippen molar-refractivity contribution >= 4 is 11.7 Å². The van der Waals surface area contributed by atoms with E-state index < -0.39 is 16.4 Å². The van der Waals surface area contributed by atoms with Gasteiger partial charge in [0.15, 0.2) is 0 Å². The van der Waals surface area contributed by atoms with E-state index in [4.69, 9.17) is 9.47 Å². The number of benzene rings is 1. The van der Waals surface area contributed by atoms with Gasteiger partial charge < -0.3 is 9.47 Å². The van der Waals surface area contributed by atoms with Crippen molar-refractivity contribution in [1.29, 1.82) is 0 Å². The lowest BCUT2D eigenvalue weighted by Gasteiger charge is -2.29. The molecule has 0 heterocycles. The number of methoxy groups -OCH3 is 1. The van der Waals surface area contributed by atoms with E-state index in [1.165, 1.54) is 25.3 Å². The Morgan fingerprint density at radius 3 is 2.67 bits per heavy atom. The summed E-state index contributed by atoms with van der Waals surface area (Å²) in [5, 5.41) is 13.8. The molecule has 0 spiro atoms. The number of nitrogens with zero attached hydrogens (tertiary/aromatic N) is 1. The lowest BCUT2D eigenvalue weighted by Crippen LogP contribution is -2.56. The normalized spacial score (nSPS) is 13.6. The van der Waals surface area contributed by atoms with Gasteiger partial charge in [0.1, 0.15) is 17.9 Å². The highest BCUT2D eigenvalue weighted by Gasteiger charge is 2.36. The van der Waals surface area contributed by atoms with Gasteiger partial charge in [0, 0.05) is 12.1 Å². The molecule has 0 radical (unpaired) electrons. The Balaban J connectivity index is 2.84. The summed E-state index contributed by atoms with van der Waals surface area (Å²) in [5.74, 6) is -0.133. The van der Waals surface area contributed by atoms with Gasteiger partial charge >= 0.3 is 5.97 Å². The molecule has 0 aliphatic rings. The highest BCUT2D eigenvalue weighted by molar-refractivity contribution is 5.80. The number of hydrogen-bond acceptors (Lipinski definition) is 6. The number of esters is 1. The number of rotatable bonds is 7. The van der Waals surface area contributed by atoms with E-state index in [1.54, 1.807) is 13.0 Å².